The van der Waals surface area contributed by atoms with E-state index in [4.69, 9.17) is 17.3 Å². The van der Waals surface area contributed by atoms with Gasteiger partial charge < -0.3 is 25.7 Å². The number of imidazole rings is 1. The number of urea groups is 1. The third-order valence-electron chi connectivity index (χ3n) is 4.06. The summed E-state index contributed by atoms with van der Waals surface area (Å²) in [6.45, 7) is 1.70. The Bertz CT molecular complexity index is 1070. The Hall–Kier alpha value is -3.01. The van der Waals surface area contributed by atoms with Crippen LogP contribution in [-0.2, 0) is 11.3 Å². The lowest BCUT2D eigenvalue weighted by molar-refractivity contribution is -0.274. The number of hydrogen-bond acceptors (Lipinski definition) is 5. The van der Waals surface area contributed by atoms with Gasteiger partial charge in [0, 0.05) is 25.0 Å². The van der Waals surface area contributed by atoms with E-state index in [0.29, 0.717) is 3.04 Å². The van der Waals surface area contributed by atoms with Gasteiger partial charge in [-0.25, -0.2) is 9.78 Å². The van der Waals surface area contributed by atoms with Crippen LogP contribution in [0.3, 0.4) is 0 Å². The molecular weight excluding hydrogens is 596 g/mol. The SMILES string of the molecule is CC(CNC(=O)c1nc(NC(=O)Nc2ccc(OC(F)(F)F)cc2)cn1C/C=C(/Cl)I)C(N)=O. The van der Waals surface area contributed by atoms with Crippen LogP contribution in [0.25, 0.3) is 0 Å². The largest absolute Gasteiger partial charge is 0.573 e. The van der Waals surface area contributed by atoms with Crippen molar-refractivity contribution in [2.75, 3.05) is 17.2 Å². The average Bonchev–Trinajstić information content (AvgIpc) is 3.13. The zero-order valence-corrected chi connectivity index (χ0v) is 20.4. The van der Waals surface area contributed by atoms with Crippen LogP contribution in [0.5, 0.6) is 5.75 Å². The standard InChI is InChI=1S/C19H19ClF3IN6O4/c1-10(15(25)31)8-26-17(32)16-28-14(9-30(16)7-6-13(20)24)29-18(33)27-11-2-4-12(5-3-11)34-19(21,22)23/h2-6,9-10H,7-8H2,1H3,(H2,25,31)(H,26,32)(H2,27,29,33)/b13-6-. The third kappa shape index (κ3) is 9.09. The van der Waals surface area contributed by atoms with E-state index >= 15 is 0 Å². The van der Waals surface area contributed by atoms with E-state index < -0.39 is 35.9 Å². The van der Waals surface area contributed by atoms with Crippen molar-refractivity contribution in [1.29, 1.82) is 0 Å². The Balaban J connectivity index is 2.09. The molecule has 0 aliphatic heterocycles. The number of amides is 4. The molecule has 4 amide bonds. The zero-order chi connectivity index (χ0) is 25.5. The van der Waals surface area contributed by atoms with Crippen molar-refractivity contribution in [1.82, 2.24) is 14.9 Å². The number of nitrogens with two attached hydrogens (primary N) is 1. The topological polar surface area (TPSA) is 140 Å². The second kappa shape index (κ2) is 11.9. The number of primary amides is 1. The predicted molar refractivity (Wildman–Crippen MR) is 127 cm³/mol. The molecule has 0 fully saturated rings. The maximum atomic E-state index is 12.5. The van der Waals surface area contributed by atoms with Crippen molar-refractivity contribution in [3.05, 3.63) is 45.4 Å². The van der Waals surface area contributed by atoms with Gasteiger partial charge in [-0.3, -0.25) is 14.9 Å². The summed E-state index contributed by atoms with van der Waals surface area (Å²) in [4.78, 5) is 40.1. The van der Waals surface area contributed by atoms with E-state index in [9.17, 15) is 27.6 Å². The molecule has 0 spiro atoms. The van der Waals surface area contributed by atoms with Crippen molar-refractivity contribution in [3.8, 4) is 5.75 Å². The molecule has 0 saturated heterocycles. The highest BCUT2D eigenvalue weighted by Gasteiger charge is 2.31. The number of allylic oxidation sites excluding steroid dienone is 1. The summed E-state index contributed by atoms with van der Waals surface area (Å²) in [5, 5.41) is 7.38. The molecule has 1 aromatic carbocycles. The number of hydrogen-bond donors (Lipinski definition) is 4. The Morgan fingerprint density at radius 2 is 1.91 bits per heavy atom. The summed E-state index contributed by atoms with van der Waals surface area (Å²) in [5.41, 5.74) is 5.37. The normalized spacial score (nSPS) is 12.6. The molecule has 34 heavy (non-hydrogen) atoms. The van der Waals surface area contributed by atoms with E-state index in [0.717, 1.165) is 12.1 Å². The maximum Gasteiger partial charge on any atom is 0.573 e. The number of alkyl halides is 3. The van der Waals surface area contributed by atoms with Gasteiger partial charge in [0.1, 0.15) is 5.75 Å². The van der Waals surface area contributed by atoms with Crippen molar-refractivity contribution in [2.45, 2.75) is 19.8 Å². The minimum Gasteiger partial charge on any atom is -0.406 e. The van der Waals surface area contributed by atoms with E-state index in [1.807, 2.05) is 22.6 Å². The molecular formula is C19H19ClF3IN6O4. The first kappa shape index (κ1) is 27.2. The molecule has 0 aliphatic carbocycles. The fourth-order valence-electron chi connectivity index (χ4n) is 2.41. The molecule has 0 radical (unpaired) electrons. The highest BCUT2D eigenvalue weighted by Crippen LogP contribution is 2.24. The quantitative estimate of drug-likeness (QED) is 0.318. The first-order valence-electron chi connectivity index (χ1n) is 9.43. The van der Waals surface area contributed by atoms with E-state index in [1.165, 1.54) is 22.9 Å². The number of benzene rings is 1. The monoisotopic (exact) mass is 614 g/mol. The number of aromatic nitrogens is 2. The Kier molecular flexibility index (Phi) is 9.55. The number of anilines is 2. The van der Waals surface area contributed by atoms with Crippen molar-refractivity contribution in [2.24, 2.45) is 11.7 Å². The number of halogens is 5. The summed E-state index contributed by atoms with van der Waals surface area (Å²) in [5.74, 6) is -2.29. The molecule has 2 rings (SSSR count). The highest BCUT2D eigenvalue weighted by atomic mass is 127. The fourth-order valence-corrected chi connectivity index (χ4v) is 2.67. The van der Waals surface area contributed by atoms with Crippen LogP contribution < -0.4 is 26.4 Å². The fraction of sp³-hybridized carbons (Fsp3) is 0.263. The number of rotatable bonds is 9. The molecule has 1 aromatic heterocycles. The van der Waals surface area contributed by atoms with Crippen LogP contribution in [0.1, 0.15) is 17.5 Å². The van der Waals surface area contributed by atoms with Gasteiger partial charge in [-0.05, 0) is 52.9 Å². The molecule has 0 aliphatic rings. The van der Waals surface area contributed by atoms with Crippen LogP contribution in [-0.4, -0.2) is 40.3 Å². The molecule has 1 atom stereocenters. The lowest BCUT2D eigenvalue weighted by atomic mass is 10.2. The van der Waals surface area contributed by atoms with E-state index in [2.05, 4.69) is 25.7 Å². The summed E-state index contributed by atoms with van der Waals surface area (Å²) in [6, 6.07) is 3.74. The van der Waals surface area contributed by atoms with E-state index in [-0.39, 0.29) is 30.4 Å². The Labute approximate surface area is 210 Å². The van der Waals surface area contributed by atoms with Gasteiger partial charge in [0.05, 0.1) is 8.96 Å². The molecule has 1 heterocycles. The first-order valence-corrected chi connectivity index (χ1v) is 10.9. The molecule has 10 nitrogen and oxygen atoms in total. The zero-order valence-electron chi connectivity index (χ0n) is 17.5. The number of nitrogens with one attached hydrogen (secondary N) is 3. The van der Waals surface area contributed by atoms with Crippen LogP contribution in [0.2, 0.25) is 0 Å². The van der Waals surface area contributed by atoms with Crippen LogP contribution >= 0.6 is 34.2 Å². The third-order valence-corrected chi connectivity index (χ3v) is 4.66. The molecule has 5 N–H and O–H groups in total. The van der Waals surface area contributed by atoms with Gasteiger partial charge >= 0.3 is 12.4 Å². The maximum absolute atomic E-state index is 12.5. The van der Waals surface area contributed by atoms with Crippen molar-refractivity contribution >= 4 is 63.5 Å². The second-order valence-corrected chi connectivity index (χ2v) is 8.97. The van der Waals surface area contributed by atoms with E-state index in [1.54, 1.807) is 13.0 Å². The Morgan fingerprint density at radius 1 is 1.26 bits per heavy atom. The number of nitrogens with zero attached hydrogens (tertiary/aromatic N) is 2. The lowest BCUT2D eigenvalue weighted by Gasteiger charge is -2.10. The molecule has 15 heteroatoms. The number of carbonyl (C=O) groups is 3. The minimum absolute atomic E-state index is 0.0127. The average molecular weight is 615 g/mol. The molecule has 2 aromatic rings. The molecule has 184 valence electrons. The van der Waals surface area contributed by atoms with Gasteiger partial charge in [-0.15, -0.1) is 13.2 Å². The highest BCUT2D eigenvalue weighted by molar-refractivity contribution is 14.1. The van der Waals surface area contributed by atoms with Gasteiger partial charge in [0.25, 0.3) is 5.91 Å². The van der Waals surface area contributed by atoms with Crippen LogP contribution in [0.4, 0.5) is 29.5 Å². The van der Waals surface area contributed by atoms with Crippen molar-refractivity contribution in [3.63, 3.8) is 0 Å². The van der Waals surface area contributed by atoms with Crippen LogP contribution in [0.15, 0.2) is 39.6 Å². The van der Waals surface area contributed by atoms with Gasteiger partial charge in [0.15, 0.2) is 5.82 Å². The van der Waals surface area contributed by atoms with Gasteiger partial charge in [-0.2, -0.15) is 0 Å². The lowest BCUT2D eigenvalue weighted by Crippen LogP contribution is -2.35. The van der Waals surface area contributed by atoms with Crippen molar-refractivity contribution < 1.29 is 32.3 Å². The summed E-state index contributed by atoms with van der Waals surface area (Å²) in [6.07, 6.45) is -1.84. The summed E-state index contributed by atoms with van der Waals surface area (Å²) >= 11 is 7.71. The minimum atomic E-state index is -4.83. The number of carbonyl (C=O) groups excluding carboxylic acids is 3. The summed E-state index contributed by atoms with van der Waals surface area (Å²) < 4.78 is 42.3. The Morgan fingerprint density at radius 3 is 2.47 bits per heavy atom. The molecule has 0 bridgehead atoms. The smallest absolute Gasteiger partial charge is 0.406 e. The van der Waals surface area contributed by atoms with Gasteiger partial charge in [-0.1, -0.05) is 18.5 Å². The summed E-state index contributed by atoms with van der Waals surface area (Å²) in [7, 11) is 0. The van der Waals surface area contributed by atoms with Crippen LogP contribution in [0, 0.1) is 5.92 Å². The molecule has 1 unspecified atom stereocenters. The van der Waals surface area contributed by atoms with Gasteiger partial charge in [0.2, 0.25) is 11.7 Å². The number of ether oxygens (including phenoxy) is 1. The molecule has 0 saturated carbocycles. The second-order valence-electron chi connectivity index (χ2n) is 6.76. The predicted octanol–water partition coefficient (Wildman–Crippen LogP) is 3.79. The first-order chi connectivity index (χ1) is 15.8.